The zero-order valence-electron chi connectivity index (χ0n) is 37.3. The molecule has 4 nitrogen and oxygen atoms in total. The maximum atomic E-state index is 7.70. The Hall–Kier alpha value is 0.190. The molecule has 9 aliphatic carbocycles. The zero-order valence-corrected chi connectivity index (χ0v) is 38.1. The van der Waals surface area contributed by atoms with Crippen LogP contribution in [-0.2, 0) is 14.2 Å². The van der Waals surface area contributed by atoms with Crippen LogP contribution in [0.3, 0.4) is 0 Å². The fraction of sp³-hybridized carbons (Fsp3) is 1.00. The van der Waals surface area contributed by atoms with E-state index < -0.39 is 0 Å². The largest absolute Gasteiger partial charge is 0.374 e. The Morgan fingerprint density at radius 2 is 0.949 bits per heavy atom. The van der Waals surface area contributed by atoms with Crippen molar-refractivity contribution < 1.29 is 14.2 Å². The van der Waals surface area contributed by atoms with Crippen LogP contribution in [0.4, 0.5) is 0 Å². The van der Waals surface area contributed by atoms with E-state index >= 15 is 0 Å². The summed E-state index contributed by atoms with van der Waals surface area (Å²) >= 11 is 2.45. The molecule has 21 unspecified atom stereocenters. The highest BCUT2D eigenvalue weighted by atomic mass is 32.2. The fourth-order valence-corrected chi connectivity index (χ4v) is 22.1. The lowest BCUT2D eigenvalue weighted by molar-refractivity contribution is -0.0986. The minimum absolute atomic E-state index is 0.523. The molecule has 4 saturated heterocycles. The van der Waals surface area contributed by atoms with Crippen molar-refractivity contribution in [3.05, 3.63) is 0 Å². The highest BCUT2D eigenvalue weighted by Gasteiger charge is 2.61. The molecule has 0 amide bonds. The Bertz CT molecular complexity index is 1470. The third kappa shape index (κ3) is 6.90. The standard InChI is InChI=1S/C54H85NO3S/c1-4-19-46-38(12-1)40-27-24-33(31-48(40)56-46)32-22-25-35(26-23-32)55(45-18-9-17-41-39-13-2-5-20-47(39)57-53(41)45)36-11-7-10-34(30-36)37-15-8-16-42-43-28-29-50-51(54(43)58-52(37)42)44-14-3-6-21-49(44)59-50/h32-54H,1-31H2. The maximum absolute atomic E-state index is 7.70. The molecule has 9 saturated carbocycles. The van der Waals surface area contributed by atoms with Crippen molar-refractivity contribution in [3.63, 3.8) is 0 Å². The second-order valence-corrected chi connectivity index (χ2v) is 26.0. The van der Waals surface area contributed by atoms with Crippen molar-refractivity contribution in [2.75, 3.05) is 0 Å². The Morgan fingerprint density at radius 3 is 1.81 bits per heavy atom. The van der Waals surface area contributed by atoms with Crippen molar-refractivity contribution in [2.24, 2.45) is 71.0 Å². The van der Waals surface area contributed by atoms with Gasteiger partial charge in [-0.3, -0.25) is 4.90 Å². The van der Waals surface area contributed by atoms with E-state index in [1.54, 1.807) is 0 Å². The lowest BCUT2D eigenvalue weighted by Crippen LogP contribution is -2.58. The average Bonchev–Trinajstić information content (AvgIpc) is 4.06. The summed E-state index contributed by atoms with van der Waals surface area (Å²) in [6.07, 6.45) is 48.8. The van der Waals surface area contributed by atoms with Crippen LogP contribution in [0.1, 0.15) is 199 Å². The van der Waals surface area contributed by atoms with Crippen LogP contribution in [0.2, 0.25) is 0 Å². The van der Waals surface area contributed by atoms with Crippen LogP contribution >= 0.6 is 11.8 Å². The predicted molar refractivity (Wildman–Crippen MR) is 239 cm³/mol. The Morgan fingerprint density at radius 1 is 0.322 bits per heavy atom. The molecular formula is C54H85NO3S. The van der Waals surface area contributed by atoms with Gasteiger partial charge >= 0.3 is 0 Å². The summed E-state index contributed by atoms with van der Waals surface area (Å²) in [6.45, 7) is 0. The van der Waals surface area contributed by atoms with E-state index in [0.717, 1.165) is 93.6 Å². The van der Waals surface area contributed by atoms with Gasteiger partial charge in [0, 0.05) is 34.5 Å². The molecule has 13 rings (SSSR count). The van der Waals surface area contributed by atoms with Crippen LogP contribution in [0.25, 0.3) is 0 Å². The van der Waals surface area contributed by atoms with Gasteiger partial charge in [-0.1, -0.05) is 57.8 Å². The van der Waals surface area contributed by atoms with Crippen molar-refractivity contribution in [1.29, 1.82) is 0 Å². The van der Waals surface area contributed by atoms with E-state index in [4.69, 9.17) is 14.2 Å². The van der Waals surface area contributed by atoms with Gasteiger partial charge < -0.3 is 14.2 Å². The van der Waals surface area contributed by atoms with E-state index in [-0.39, 0.29) is 0 Å². The molecule has 4 aliphatic heterocycles. The van der Waals surface area contributed by atoms with Crippen molar-refractivity contribution in [1.82, 2.24) is 4.90 Å². The molecule has 21 atom stereocenters. The maximum Gasteiger partial charge on any atom is 0.0766 e. The number of hydrogen-bond acceptors (Lipinski definition) is 5. The molecule has 0 N–H and O–H groups in total. The highest BCUT2D eigenvalue weighted by molar-refractivity contribution is 8.00. The normalized spacial score (nSPS) is 56.8. The molecule has 0 aromatic carbocycles. The van der Waals surface area contributed by atoms with Crippen LogP contribution in [0.15, 0.2) is 0 Å². The molecule has 13 aliphatic rings. The molecule has 0 bridgehead atoms. The quantitative estimate of drug-likeness (QED) is 0.276. The first-order valence-corrected chi connectivity index (χ1v) is 28.6. The van der Waals surface area contributed by atoms with Gasteiger partial charge in [-0.15, -0.1) is 0 Å². The van der Waals surface area contributed by atoms with E-state index in [9.17, 15) is 0 Å². The molecule has 0 radical (unpaired) electrons. The monoisotopic (exact) mass is 828 g/mol. The number of thioether (sulfide) groups is 1. The number of rotatable bonds is 5. The summed E-state index contributed by atoms with van der Waals surface area (Å²) < 4.78 is 22.0. The van der Waals surface area contributed by atoms with Gasteiger partial charge in [-0.05, 0) is 206 Å². The molecule has 4 heterocycles. The molecule has 59 heavy (non-hydrogen) atoms. The molecule has 330 valence electrons. The van der Waals surface area contributed by atoms with Crippen molar-refractivity contribution >= 4 is 11.8 Å². The third-order valence-corrected chi connectivity index (χ3v) is 24.2. The van der Waals surface area contributed by atoms with Crippen molar-refractivity contribution in [2.45, 2.75) is 264 Å². The van der Waals surface area contributed by atoms with E-state index in [2.05, 4.69) is 16.7 Å². The van der Waals surface area contributed by atoms with Gasteiger partial charge in [0.25, 0.3) is 0 Å². The van der Waals surface area contributed by atoms with Gasteiger partial charge in [0.05, 0.1) is 36.6 Å². The van der Waals surface area contributed by atoms with Gasteiger partial charge in [0.1, 0.15) is 0 Å². The summed E-state index contributed by atoms with van der Waals surface area (Å²) in [5.41, 5.74) is 0. The summed E-state index contributed by atoms with van der Waals surface area (Å²) in [5.74, 6) is 10.7. The SMILES string of the molecule is C1CCC2C(C1)OC1CC(C3CCC(N(C4CCCC(C5CCCC6C7CCC8SC9CCCCC9C8C7OC56)C4)C4CCCC5C6CCCCC6OC54)CC3)CCC12. The number of hydrogen-bond donors (Lipinski definition) is 0. The lowest BCUT2D eigenvalue weighted by atomic mass is 9.62. The van der Waals surface area contributed by atoms with Crippen molar-refractivity contribution in [3.8, 4) is 0 Å². The first-order chi connectivity index (χ1) is 29.2. The van der Waals surface area contributed by atoms with Gasteiger partial charge in [0.15, 0.2) is 0 Å². The smallest absolute Gasteiger partial charge is 0.0766 e. The Labute approximate surface area is 364 Å². The van der Waals surface area contributed by atoms with Crippen LogP contribution < -0.4 is 0 Å². The second kappa shape index (κ2) is 16.6. The molecule has 0 aromatic rings. The first kappa shape index (κ1) is 39.5. The first-order valence-electron chi connectivity index (χ1n) is 27.6. The van der Waals surface area contributed by atoms with E-state index in [1.165, 1.54) is 199 Å². The molecule has 0 spiro atoms. The van der Waals surface area contributed by atoms with Crippen LogP contribution in [-0.4, -0.2) is 70.1 Å². The van der Waals surface area contributed by atoms with Gasteiger partial charge in [0.2, 0.25) is 0 Å². The Balaban J connectivity index is 0.732. The number of ether oxygens (including phenoxy) is 3. The minimum Gasteiger partial charge on any atom is -0.374 e. The zero-order chi connectivity index (χ0) is 38.6. The fourth-order valence-electron chi connectivity index (χ4n) is 20.0. The van der Waals surface area contributed by atoms with E-state index in [1.807, 2.05) is 0 Å². The summed E-state index contributed by atoms with van der Waals surface area (Å²) in [6, 6.07) is 2.25. The Kier molecular flexibility index (Phi) is 11.1. The number of fused-ring (bicyclic) bond motifs is 13. The lowest BCUT2D eigenvalue weighted by Gasteiger charge is -2.53. The van der Waals surface area contributed by atoms with Gasteiger partial charge in [-0.2, -0.15) is 11.8 Å². The van der Waals surface area contributed by atoms with Crippen LogP contribution in [0, 0.1) is 71.0 Å². The van der Waals surface area contributed by atoms with E-state index in [0.29, 0.717) is 42.7 Å². The average molecular weight is 828 g/mol. The summed E-state index contributed by atoms with van der Waals surface area (Å²) in [5, 5.41) is 1.88. The van der Waals surface area contributed by atoms with Crippen LogP contribution in [0.5, 0.6) is 0 Å². The molecule has 5 heteroatoms. The van der Waals surface area contributed by atoms with Gasteiger partial charge in [-0.25, -0.2) is 0 Å². The molecule has 0 aromatic heterocycles. The topological polar surface area (TPSA) is 30.9 Å². The predicted octanol–water partition coefficient (Wildman–Crippen LogP) is 12.8. The summed E-state index contributed by atoms with van der Waals surface area (Å²) in [4.78, 5) is 3.34. The third-order valence-electron chi connectivity index (χ3n) is 22.3. The summed E-state index contributed by atoms with van der Waals surface area (Å²) in [7, 11) is 0. The minimum atomic E-state index is 0.523. The number of nitrogens with zero attached hydrogens (tertiary/aromatic N) is 1. The second-order valence-electron chi connectivity index (χ2n) is 24.5. The molecular weight excluding hydrogens is 743 g/mol. The highest BCUT2D eigenvalue weighted by Crippen LogP contribution is 2.62. The molecule has 13 fully saturated rings.